The molecule has 1 spiro atoms. The van der Waals surface area contributed by atoms with Crippen LogP contribution in [-0.4, -0.2) is 39.9 Å². The number of hydrogen-bond acceptors (Lipinski definition) is 4. The van der Waals surface area contributed by atoms with E-state index in [1.807, 2.05) is 13.1 Å². The van der Waals surface area contributed by atoms with Gasteiger partial charge in [0.25, 0.3) is 0 Å². The number of aliphatic carboxylic acids is 1. The van der Waals surface area contributed by atoms with Gasteiger partial charge in [-0.05, 0) is 18.9 Å². The molecule has 1 atom stereocenters. The van der Waals surface area contributed by atoms with E-state index in [4.69, 9.17) is 14.6 Å². The molecule has 0 radical (unpaired) electrons. The van der Waals surface area contributed by atoms with E-state index in [-0.39, 0.29) is 12.5 Å². The van der Waals surface area contributed by atoms with E-state index in [1.165, 1.54) is 0 Å². The van der Waals surface area contributed by atoms with E-state index < -0.39 is 11.8 Å². The predicted molar refractivity (Wildman–Crippen MR) is 65.9 cm³/mol. The quantitative estimate of drug-likeness (QED) is 0.888. The summed E-state index contributed by atoms with van der Waals surface area (Å²) in [5.74, 6) is -1.27. The highest BCUT2D eigenvalue weighted by atomic mass is 16.7. The van der Waals surface area contributed by atoms with Gasteiger partial charge in [-0.2, -0.15) is 5.10 Å². The van der Waals surface area contributed by atoms with Crippen molar-refractivity contribution in [3.63, 3.8) is 0 Å². The van der Waals surface area contributed by atoms with Crippen LogP contribution in [0.1, 0.15) is 37.1 Å². The van der Waals surface area contributed by atoms with Crippen LogP contribution >= 0.6 is 0 Å². The van der Waals surface area contributed by atoms with Crippen molar-refractivity contribution >= 4 is 5.97 Å². The van der Waals surface area contributed by atoms with Crippen LogP contribution in [0.25, 0.3) is 0 Å². The highest BCUT2D eigenvalue weighted by Crippen LogP contribution is 2.35. The van der Waals surface area contributed by atoms with E-state index in [2.05, 4.69) is 5.10 Å². The molecule has 2 aliphatic rings. The molecule has 1 N–H and O–H groups in total. The summed E-state index contributed by atoms with van der Waals surface area (Å²) in [6.07, 6.45) is 4.38. The fraction of sp³-hybridized carbons (Fsp3) is 0.692. The van der Waals surface area contributed by atoms with Gasteiger partial charge in [-0.3, -0.25) is 9.48 Å². The Bertz CT molecular complexity index is 491. The summed E-state index contributed by atoms with van der Waals surface area (Å²) in [4.78, 5) is 10.7. The van der Waals surface area contributed by atoms with Gasteiger partial charge in [-0.1, -0.05) is 0 Å². The Hall–Kier alpha value is -1.40. The summed E-state index contributed by atoms with van der Waals surface area (Å²) in [6.45, 7) is 3.17. The van der Waals surface area contributed by atoms with Crippen molar-refractivity contribution in [2.45, 2.75) is 44.4 Å². The van der Waals surface area contributed by atoms with Gasteiger partial charge < -0.3 is 14.6 Å². The number of rotatable bonds is 3. The second-order valence-corrected chi connectivity index (χ2v) is 5.31. The van der Waals surface area contributed by atoms with Gasteiger partial charge in [0, 0.05) is 19.0 Å². The van der Waals surface area contributed by atoms with Gasteiger partial charge in [0.1, 0.15) is 0 Å². The van der Waals surface area contributed by atoms with Crippen LogP contribution < -0.4 is 0 Å². The first-order chi connectivity index (χ1) is 9.08. The molecule has 6 nitrogen and oxygen atoms in total. The molecule has 1 aromatic heterocycles. The molecule has 0 bridgehead atoms. The third-order valence-electron chi connectivity index (χ3n) is 3.83. The lowest BCUT2D eigenvalue weighted by molar-refractivity contribution is -0.163. The fourth-order valence-corrected chi connectivity index (χ4v) is 2.83. The molecule has 0 amide bonds. The summed E-state index contributed by atoms with van der Waals surface area (Å²) in [6, 6.07) is -0.135. The highest BCUT2D eigenvalue weighted by Gasteiger charge is 2.41. The van der Waals surface area contributed by atoms with Crippen LogP contribution in [0.5, 0.6) is 0 Å². The van der Waals surface area contributed by atoms with E-state index in [0.29, 0.717) is 19.6 Å². The van der Waals surface area contributed by atoms with Gasteiger partial charge in [-0.15, -0.1) is 0 Å². The Balaban J connectivity index is 1.78. The van der Waals surface area contributed by atoms with Crippen molar-refractivity contribution in [3.8, 4) is 0 Å². The van der Waals surface area contributed by atoms with Crippen LogP contribution in [0.15, 0.2) is 6.20 Å². The molecule has 19 heavy (non-hydrogen) atoms. The minimum Gasteiger partial charge on any atom is -0.481 e. The van der Waals surface area contributed by atoms with Gasteiger partial charge in [0.05, 0.1) is 31.4 Å². The molecule has 0 saturated carbocycles. The van der Waals surface area contributed by atoms with Crippen molar-refractivity contribution < 1.29 is 19.4 Å². The number of fused-ring (bicyclic) bond motifs is 1. The largest absolute Gasteiger partial charge is 0.481 e. The summed E-state index contributed by atoms with van der Waals surface area (Å²) in [5.41, 5.74) is 2.16. The molecule has 1 aliphatic heterocycles. The van der Waals surface area contributed by atoms with Gasteiger partial charge >= 0.3 is 5.97 Å². The monoisotopic (exact) mass is 266 g/mol. The van der Waals surface area contributed by atoms with Crippen molar-refractivity contribution in [3.05, 3.63) is 17.5 Å². The van der Waals surface area contributed by atoms with Crippen LogP contribution in [0.2, 0.25) is 0 Å². The van der Waals surface area contributed by atoms with Gasteiger partial charge in [0.2, 0.25) is 0 Å². The van der Waals surface area contributed by atoms with E-state index in [9.17, 15) is 4.79 Å². The van der Waals surface area contributed by atoms with Crippen LogP contribution in [0.4, 0.5) is 0 Å². The maximum absolute atomic E-state index is 10.7. The third kappa shape index (κ3) is 2.37. The Morgan fingerprint density at radius 1 is 1.58 bits per heavy atom. The molecule has 1 saturated heterocycles. The first kappa shape index (κ1) is 12.6. The van der Waals surface area contributed by atoms with Crippen molar-refractivity contribution in [1.29, 1.82) is 0 Å². The molecule has 1 unspecified atom stereocenters. The first-order valence-electron chi connectivity index (χ1n) is 6.65. The third-order valence-corrected chi connectivity index (χ3v) is 3.83. The van der Waals surface area contributed by atoms with E-state index in [0.717, 1.165) is 24.1 Å². The fourth-order valence-electron chi connectivity index (χ4n) is 2.83. The number of ether oxygens (including phenoxy) is 2. The number of hydrogen-bond donors (Lipinski definition) is 1. The van der Waals surface area contributed by atoms with E-state index >= 15 is 0 Å². The molecule has 2 heterocycles. The van der Waals surface area contributed by atoms with Crippen LogP contribution in [-0.2, 0) is 27.1 Å². The van der Waals surface area contributed by atoms with Gasteiger partial charge in [-0.25, -0.2) is 0 Å². The summed E-state index contributed by atoms with van der Waals surface area (Å²) < 4.78 is 13.2. The number of aryl methyl sites for hydroxylation is 1. The summed E-state index contributed by atoms with van der Waals surface area (Å²) in [7, 11) is 0. The second-order valence-electron chi connectivity index (χ2n) is 5.31. The number of carbonyl (C=O) groups is 1. The molecule has 1 aromatic rings. The van der Waals surface area contributed by atoms with Crippen molar-refractivity contribution in [2.24, 2.45) is 0 Å². The lowest BCUT2D eigenvalue weighted by Gasteiger charge is -2.30. The second kappa shape index (κ2) is 4.61. The molecular weight excluding hydrogens is 248 g/mol. The zero-order chi connectivity index (χ0) is 13.5. The number of nitrogens with zero attached hydrogens (tertiary/aromatic N) is 2. The lowest BCUT2D eigenvalue weighted by Crippen LogP contribution is -2.36. The Kier molecular flexibility index (Phi) is 3.06. The molecule has 1 fully saturated rings. The lowest BCUT2D eigenvalue weighted by atomic mass is 9.92. The summed E-state index contributed by atoms with van der Waals surface area (Å²) in [5, 5.41) is 13.3. The summed E-state index contributed by atoms with van der Waals surface area (Å²) >= 11 is 0. The van der Waals surface area contributed by atoms with Crippen molar-refractivity contribution in [2.75, 3.05) is 13.2 Å². The number of carboxylic acids is 1. The molecular formula is C13H18N2O4. The van der Waals surface area contributed by atoms with E-state index in [1.54, 1.807) is 4.68 Å². The van der Waals surface area contributed by atoms with Crippen molar-refractivity contribution in [1.82, 2.24) is 9.78 Å². The average Bonchev–Trinajstić information content (AvgIpc) is 2.95. The normalized spacial score (nSPS) is 22.4. The average molecular weight is 266 g/mol. The minimum atomic E-state index is -0.806. The molecule has 3 rings (SSSR count). The minimum absolute atomic E-state index is 0.0820. The smallest absolute Gasteiger partial charge is 0.305 e. The standard InChI is InChI=1S/C13H18N2O4/c1-9(6-12(16)17)15-8-10-7-13(18-4-5-19-13)3-2-11(10)14-15/h8-9H,2-7H2,1H3,(H,16,17). The zero-order valence-electron chi connectivity index (χ0n) is 11.0. The highest BCUT2D eigenvalue weighted by molar-refractivity contribution is 5.67. The predicted octanol–water partition coefficient (Wildman–Crippen LogP) is 1.15. The first-order valence-corrected chi connectivity index (χ1v) is 6.65. The number of aromatic nitrogens is 2. The molecule has 1 aliphatic carbocycles. The SMILES string of the molecule is CC(CC(=O)O)n1cc2c(n1)CCC1(C2)OCCO1. The maximum atomic E-state index is 10.7. The van der Waals surface area contributed by atoms with Gasteiger partial charge in [0.15, 0.2) is 5.79 Å². The van der Waals surface area contributed by atoms with Crippen LogP contribution in [0.3, 0.4) is 0 Å². The molecule has 6 heteroatoms. The Labute approximate surface area is 111 Å². The van der Waals surface area contributed by atoms with Crippen LogP contribution in [0, 0.1) is 0 Å². The molecule has 0 aromatic carbocycles. The zero-order valence-corrected chi connectivity index (χ0v) is 11.0. The number of carboxylic acid groups (broad SMARTS) is 1. The Morgan fingerprint density at radius 3 is 3.00 bits per heavy atom. The maximum Gasteiger partial charge on any atom is 0.305 e. The Morgan fingerprint density at radius 2 is 2.32 bits per heavy atom. The topological polar surface area (TPSA) is 73.6 Å². The molecule has 104 valence electrons.